The van der Waals surface area contributed by atoms with Gasteiger partial charge in [-0.2, -0.15) is 4.39 Å². The van der Waals surface area contributed by atoms with Crippen LogP contribution in [0.5, 0.6) is 5.75 Å². The van der Waals surface area contributed by atoms with E-state index >= 15 is 0 Å². The van der Waals surface area contributed by atoms with Crippen molar-refractivity contribution >= 4 is 16.9 Å². The number of ether oxygens (including phenoxy) is 1. The molecule has 1 saturated carbocycles. The predicted octanol–water partition coefficient (Wildman–Crippen LogP) is 3.98. The maximum Gasteiger partial charge on any atom is 0.341 e. The van der Waals surface area contributed by atoms with Crippen LogP contribution in [0.15, 0.2) is 41.3 Å². The fraction of sp³-hybridized carbons (Fsp3) is 0.200. The highest BCUT2D eigenvalue weighted by Crippen LogP contribution is 2.43. The van der Waals surface area contributed by atoms with Crippen molar-refractivity contribution in [3.63, 3.8) is 0 Å². The largest absolute Gasteiger partial charge is 0.485 e. The van der Waals surface area contributed by atoms with E-state index in [1.54, 1.807) is 30.3 Å². The van der Waals surface area contributed by atoms with Gasteiger partial charge in [-0.15, -0.1) is 0 Å². The molecule has 0 radical (unpaired) electrons. The number of fused-ring (bicyclic) bond motifs is 1. The molecule has 29 heavy (non-hydrogen) atoms. The number of hydrogen-bond acceptors (Lipinski definition) is 3. The van der Waals surface area contributed by atoms with Gasteiger partial charge in [0.15, 0.2) is 17.4 Å². The quantitative estimate of drug-likeness (QED) is 0.513. The predicted molar refractivity (Wildman–Crippen MR) is 94.4 cm³/mol. The summed E-state index contributed by atoms with van der Waals surface area (Å²) >= 11 is 0. The molecule has 0 amide bonds. The van der Waals surface area contributed by atoms with Crippen molar-refractivity contribution in [1.29, 1.82) is 0 Å². The van der Waals surface area contributed by atoms with Crippen molar-refractivity contribution in [3.8, 4) is 5.75 Å². The molecule has 0 spiro atoms. The molecule has 1 N–H and O–H groups in total. The van der Waals surface area contributed by atoms with Crippen LogP contribution in [0.4, 0.5) is 17.6 Å². The van der Waals surface area contributed by atoms with Gasteiger partial charge in [0.05, 0.1) is 16.9 Å². The zero-order valence-electron chi connectivity index (χ0n) is 14.7. The minimum atomic E-state index is -1.90. The molecule has 4 rings (SSSR count). The zero-order chi connectivity index (χ0) is 20.9. The number of aromatic carboxylic acids is 1. The Morgan fingerprint density at radius 3 is 2.38 bits per heavy atom. The second-order valence-corrected chi connectivity index (χ2v) is 6.67. The zero-order valence-corrected chi connectivity index (χ0v) is 14.7. The fourth-order valence-electron chi connectivity index (χ4n) is 3.20. The normalized spacial score (nSPS) is 18.1. The van der Waals surface area contributed by atoms with Crippen LogP contribution in [0, 0.1) is 17.5 Å². The molecule has 0 saturated heterocycles. The Morgan fingerprint density at radius 2 is 1.79 bits per heavy atom. The average molecular weight is 407 g/mol. The van der Waals surface area contributed by atoms with E-state index in [-0.39, 0.29) is 13.0 Å². The number of benzene rings is 2. The molecule has 0 unspecified atom stereocenters. The van der Waals surface area contributed by atoms with Crippen molar-refractivity contribution < 1.29 is 32.2 Å². The highest BCUT2D eigenvalue weighted by atomic mass is 19.2. The van der Waals surface area contributed by atoms with Crippen molar-refractivity contribution in [2.24, 2.45) is 0 Å². The molecule has 150 valence electrons. The van der Waals surface area contributed by atoms with Gasteiger partial charge in [-0.25, -0.2) is 18.0 Å². The van der Waals surface area contributed by atoms with Gasteiger partial charge in [0.25, 0.3) is 0 Å². The second-order valence-electron chi connectivity index (χ2n) is 6.67. The highest BCUT2D eigenvalue weighted by Gasteiger charge is 2.41. The Hall–Kier alpha value is -3.36. The van der Waals surface area contributed by atoms with E-state index in [0.717, 1.165) is 10.8 Å². The number of pyridine rings is 1. The molecule has 0 bridgehead atoms. The Labute approximate surface area is 160 Å². The van der Waals surface area contributed by atoms with E-state index in [1.807, 2.05) is 0 Å². The number of aromatic nitrogens is 1. The molecule has 1 fully saturated rings. The number of nitrogens with zero attached hydrogens (tertiary/aromatic N) is 1. The van der Waals surface area contributed by atoms with Gasteiger partial charge in [0.2, 0.25) is 11.2 Å². The average Bonchev–Trinajstić information content (AvgIpc) is 3.43. The van der Waals surface area contributed by atoms with Crippen LogP contribution in [-0.2, 0) is 6.61 Å². The molecule has 1 aliphatic rings. The molecule has 3 aromatic rings. The number of alkyl halides is 1. The molecular formula is C20H13F4NO4. The summed E-state index contributed by atoms with van der Waals surface area (Å²) in [5.41, 5.74) is -2.26. The Bertz CT molecular complexity index is 1190. The van der Waals surface area contributed by atoms with Crippen LogP contribution < -0.4 is 10.2 Å². The topological polar surface area (TPSA) is 68.5 Å². The maximum absolute atomic E-state index is 14.6. The summed E-state index contributed by atoms with van der Waals surface area (Å²) in [4.78, 5) is 24.1. The summed E-state index contributed by atoms with van der Waals surface area (Å²) < 4.78 is 63.1. The van der Waals surface area contributed by atoms with Crippen LogP contribution in [-0.4, -0.2) is 21.8 Å². The first kappa shape index (κ1) is 19.0. The van der Waals surface area contributed by atoms with Gasteiger partial charge in [0.1, 0.15) is 18.3 Å². The van der Waals surface area contributed by atoms with E-state index in [9.17, 15) is 32.3 Å². The minimum Gasteiger partial charge on any atom is -0.485 e. The second kappa shape index (κ2) is 6.91. The summed E-state index contributed by atoms with van der Waals surface area (Å²) in [6.45, 7) is -0.288. The molecule has 2 atom stereocenters. The van der Waals surface area contributed by atoms with E-state index in [2.05, 4.69) is 0 Å². The molecule has 5 nitrogen and oxygen atoms in total. The van der Waals surface area contributed by atoms with Gasteiger partial charge < -0.3 is 14.4 Å². The maximum atomic E-state index is 14.6. The Kier molecular flexibility index (Phi) is 4.52. The first-order chi connectivity index (χ1) is 13.8. The van der Waals surface area contributed by atoms with Crippen molar-refractivity contribution in [2.75, 3.05) is 0 Å². The minimum absolute atomic E-state index is 0.0737. The lowest BCUT2D eigenvalue weighted by atomic mass is 10.1. The van der Waals surface area contributed by atoms with Gasteiger partial charge in [-0.05, 0) is 5.56 Å². The van der Waals surface area contributed by atoms with Gasteiger partial charge in [-0.3, -0.25) is 4.79 Å². The summed E-state index contributed by atoms with van der Waals surface area (Å²) in [5.74, 6) is -7.95. The number of hydrogen-bond donors (Lipinski definition) is 1. The Morgan fingerprint density at radius 1 is 1.14 bits per heavy atom. The van der Waals surface area contributed by atoms with E-state index in [4.69, 9.17) is 4.74 Å². The number of halogens is 4. The lowest BCUT2D eigenvalue weighted by Gasteiger charge is -2.17. The number of rotatable bonds is 5. The van der Waals surface area contributed by atoms with Crippen LogP contribution in [0.1, 0.15) is 28.4 Å². The first-order valence-corrected chi connectivity index (χ1v) is 8.60. The molecule has 2 aromatic carbocycles. The van der Waals surface area contributed by atoms with Crippen LogP contribution in [0.2, 0.25) is 0 Å². The van der Waals surface area contributed by atoms with Gasteiger partial charge >= 0.3 is 5.97 Å². The molecule has 0 aliphatic heterocycles. The first-order valence-electron chi connectivity index (χ1n) is 8.60. The monoisotopic (exact) mass is 407 g/mol. The summed E-state index contributed by atoms with van der Waals surface area (Å²) in [7, 11) is 0. The van der Waals surface area contributed by atoms with Gasteiger partial charge in [-0.1, -0.05) is 30.3 Å². The van der Waals surface area contributed by atoms with Crippen molar-refractivity contribution in [1.82, 2.24) is 4.57 Å². The third-order valence-corrected chi connectivity index (χ3v) is 4.75. The molecule has 1 heterocycles. The van der Waals surface area contributed by atoms with E-state index in [0.29, 0.717) is 5.56 Å². The molecular weight excluding hydrogens is 394 g/mol. The number of carboxylic acids is 1. The van der Waals surface area contributed by atoms with E-state index < -0.39 is 63.3 Å². The van der Waals surface area contributed by atoms with E-state index in [1.165, 1.54) is 0 Å². The molecule has 1 aliphatic carbocycles. The fourth-order valence-corrected chi connectivity index (χ4v) is 3.20. The molecule has 1 aromatic heterocycles. The SMILES string of the molecule is O=C(O)c1cn([C@@H]2C[C@@H]2F)c2c(F)c(F)c(F)c(OCc3ccccc3)c2c1=O. The number of carbonyl (C=O) groups is 1. The standard InChI is InChI=1S/C20H13F4NO4/c21-11-6-12(11)25-7-10(20(27)28)18(26)13-17(25)15(23)14(22)16(24)19(13)29-8-9-4-2-1-3-5-9/h1-5,7,11-12H,6,8H2,(H,27,28)/t11-,12+/m0/s1. The lowest BCUT2D eigenvalue weighted by Crippen LogP contribution is -2.21. The lowest BCUT2D eigenvalue weighted by molar-refractivity contribution is 0.0694. The third kappa shape index (κ3) is 3.12. The summed E-state index contributed by atoms with van der Waals surface area (Å²) in [6, 6.07) is 7.32. The third-order valence-electron chi connectivity index (χ3n) is 4.75. The number of carboxylic acid groups (broad SMARTS) is 1. The summed E-state index contributed by atoms with van der Waals surface area (Å²) in [6.07, 6.45) is -0.752. The van der Waals surface area contributed by atoms with Crippen LogP contribution >= 0.6 is 0 Å². The summed E-state index contributed by atoms with van der Waals surface area (Å²) in [5, 5.41) is 8.52. The van der Waals surface area contributed by atoms with Crippen LogP contribution in [0.25, 0.3) is 10.9 Å². The van der Waals surface area contributed by atoms with Crippen LogP contribution in [0.3, 0.4) is 0 Å². The molecule has 9 heteroatoms. The van der Waals surface area contributed by atoms with Crippen molar-refractivity contribution in [2.45, 2.75) is 25.2 Å². The smallest absolute Gasteiger partial charge is 0.341 e. The van der Waals surface area contributed by atoms with Crippen molar-refractivity contribution in [3.05, 3.63) is 75.3 Å². The van der Waals surface area contributed by atoms with Gasteiger partial charge in [0, 0.05) is 12.6 Å². The Balaban J connectivity index is 2.00. The highest BCUT2D eigenvalue weighted by molar-refractivity contribution is 5.95.